The number of alkyl halides is 3. The first-order valence-corrected chi connectivity index (χ1v) is 2.28. The van der Waals surface area contributed by atoms with Crippen molar-refractivity contribution < 1.29 is 17.6 Å². The first-order chi connectivity index (χ1) is 4.50. The largest absolute Gasteiger partial charge is 0.436 e. The van der Waals surface area contributed by atoms with E-state index in [1.807, 2.05) is 0 Å². The highest BCUT2D eigenvalue weighted by molar-refractivity contribution is 5.14. The predicted molar refractivity (Wildman–Crippen MR) is 25.9 cm³/mol. The Morgan fingerprint density at radius 2 is 2.10 bits per heavy atom. The van der Waals surface area contributed by atoms with Crippen LogP contribution in [0.1, 0.15) is 5.69 Å². The minimum absolute atomic E-state index is 0.468. The van der Waals surface area contributed by atoms with E-state index in [1.54, 1.807) is 0 Å². The monoisotopic (exact) mass is 152 g/mol. The topological polar surface area (TPSA) is 52.0 Å². The first kappa shape index (κ1) is 6.91. The van der Waals surface area contributed by atoms with E-state index in [0.29, 0.717) is 6.26 Å². The molecular formula is C4H3F3N2O. The molecule has 3 nitrogen and oxygen atoms in total. The molecule has 1 heterocycles. The second-order valence-electron chi connectivity index (χ2n) is 1.57. The lowest BCUT2D eigenvalue weighted by molar-refractivity contribution is -0.141. The Labute approximate surface area is 53.6 Å². The van der Waals surface area contributed by atoms with Crippen LogP contribution >= 0.6 is 0 Å². The number of oxazole rings is 1. The van der Waals surface area contributed by atoms with E-state index in [4.69, 9.17) is 5.73 Å². The average Bonchev–Trinajstić information content (AvgIpc) is 2.11. The van der Waals surface area contributed by atoms with Gasteiger partial charge in [-0.3, -0.25) is 0 Å². The molecule has 1 rings (SSSR count). The van der Waals surface area contributed by atoms with Crippen molar-refractivity contribution in [3.05, 3.63) is 12.0 Å². The van der Waals surface area contributed by atoms with Crippen LogP contribution in [0.2, 0.25) is 0 Å². The summed E-state index contributed by atoms with van der Waals surface area (Å²) in [6, 6.07) is -0.479. The van der Waals surface area contributed by atoms with Gasteiger partial charge in [0.25, 0.3) is 6.01 Å². The second kappa shape index (κ2) is 1.89. The highest BCUT2D eigenvalue weighted by Gasteiger charge is 2.34. The van der Waals surface area contributed by atoms with Crippen molar-refractivity contribution in [3.63, 3.8) is 0 Å². The number of aromatic nitrogens is 1. The first-order valence-electron chi connectivity index (χ1n) is 2.28. The van der Waals surface area contributed by atoms with Crippen molar-refractivity contribution in [2.45, 2.75) is 6.18 Å². The smallest absolute Gasteiger partial charge is 0.432 e. The molecule has 6 heteroatoms. The Bertz CT molecular complexity index is 229. The Balaban J connectivity index is 2.96. The van der Waals surface area contributed by atoms with Gasteiger partial charge in [0.15, 0.2) is 5.69 Å². The molecule has 0 unspecified atom stereocenters. The summed E-state index contributed by atoms with van der Waals surface area (Å²) in [4.78, 5) is 2.87. The summed E-state index contributed by atoms with van der Waals surface area (Å²) < 4.78 is 39.0. The lowest BCUT2D eigenvalue weighted by atomic mass is 10.5. The van der Waals surface area contributed by atoms with Crippen LogP contribution in [-0.4, -0.2) is 4.98 Å². The van der Waals surface area contributed by atoms with Crippen LogP contribution in [0.3, 0.4) is 0 Å². The fourth-order valence-corrected chi connectivity index (χ4v) is 0.418. The van der Waals surface area contributed by atoms with Crippen molar-refractivity contribution in [2.24, 2.45) is 0 Å². The fraction of sp³-hybridized carbons (Fsp3) is 0.250. The van der Waals surface area contributed by atoms with Crippen LogP contribution < -0.4 is 5.73 Å². The summed E-state index contributed by atoms with van der Waals surface area (Å²) in [7, 11) is 0. The maximum Gasteiger partial charge on any atom is 0.436 e. The third-order valence-corrected chi connectivity index (χ3v) is 0.812. The van der Waals surface area contributed by atoms with Gasteiger partial charge in [-0.2, -0.15) is 18.2 Å². The quantitative estimate of drug-likeness (QED) is 0.609. The standard InChI is InChI=1S/C4H3F3N2O/c5-4(6,7)2-1-10-3(8)9-2/h1H,(H2,8,9). The van der Waals surface area contributed by atoms with Gasteiger partial charge in [0.2, 0.25) is 0 Å². The summed E-state index contributed by atoms with van der Waals surface area (Å²) >= 11 is 0. The summed E-state index contributed by atoms with van der Waals surface area (Å²) in [6.07, 6.45) is -4.00. The third-order valence-electron chi connectivity index (χ3n) is 0.812. The number of anilines is 1. The molecule has 10 heavy (non-hydrogen) atoms. The number of halogens is 3. The zero-order chi connectivity index (χ0) is 7.78. The summed E-state index contributed by atoms with van der Waals surface area (Å²) in [5, 5.41) is 0. The Kier molecular flexibility index (Phi) is 1.31. The van der Waals surface area contributed by atoms with Gasteiger partial charge in [0.05, 0.1) is 0 Å². The van der Waals surface area contributed by atoms with E-state index in [-0.39, 0.29) is 0 Å². The van der Waals surface area contributed by atoms with E-state index in [9.17, 15) is 13.2 Å². The number of hydrogen-bond acceptors (Lipinski definition) is 3. The Morgan fingerprint density at radius 3 is 2.30 bits per heavy atom. The summed E-state index contributed by atoms with van der Waals surface area (Å²) in [6.45, 7) is 0. The molecule has 56 valence electrons. The lowest BCUT2D eigenvalue weighted by Crippen LogP contribution is -2.05. The van der Waals surface area contributed by atoms with Crippen molar-refractivity contribution in [1.82, 2.24) is 4.98 Å². The molecule has 0 aliphatic carbocycles. The van der Waals surface area contributed by atoms with Gasteiger partial charge in [-0.15, -0.1) is 0 Å². The molecule has 0 saturated heterocycles. The third kappa shape index (κ3) is 1.20. The summed E-state index contributed by atoms with van der Waals surface area (Å²) in [5.41, 5.74) is 3.69. The molecule has 1 aromatic rings. The van der Waals surface area contributed by atoms with Gasteiger partial charge in [-0.25, -0.2) is 0 Å². The molecule has 0 atom stereocenters. The SMILES string of the molecule is Nc1nc(C(F)(F)F)co1. The zero-order valence-electron chi connectivity index (χ0n) is 4.64. The molecule has 0 amide bonds. The molecule has 0 radical (unpaired) electrons. The van der Waals surface area contributed by atoms with Gasteiger partial charge >= 0.3 is 6.18 Å². The minimum atomic E-state index is -4.47. The molecule has 0 bridgehead atoms. The van der Waals surface area contributed by atoms with Crippen molar-refractivity contribution in [2.75, 3.05) is 5.73 Å². The van der Waals surface area contributed by atoms with Crippen molar-refractivity contribution >= 4 is 6.01 Å². The Morgan fingerprint density at radius 1 is 1.50 bits per heavy atom. The molecule has 0 saturated carbocycles. The van der Waals surface area contributed by atoms with Gasteiger partial charge < -0.3 is 10.2 Å². The van der Waals surface area contributed by atoms with E-state index in [0.717, 1.165) is 0 Å². The molecule has 0 aromatic carbocycles. The minimum Gasteiger partial charge on any atom is -0.432 e. The van der Waals surface area contributed by atoms with E-state index in [2.05, 4.69) is 9.40 Å². The van der Waals surface area contributed by atoms with Crippen molar-refractivity contribution in [1.29, 1.82) is 0 Å². The number of hydrogen-bond donors (Lipinski definition) is 1. The molecule has 2 N–H and O–H groups in total. The van der Waals surface area contributed by atoms with Gasteiger partial charge in [0.1, 0.15) is 6.26 Å². The van der Waals surface area contributed by atoms with E-state index >= 15 is 0 Å². The summed E-state index contributed by atoms with van der Waals surface area (Å²) in [5.74, 6) is 0. The number of rotatable bonds is 0. The highest BCUT2D eigenvalue weighted by atomic mass is 19.4. The lowest BCUT2D eigenvalue weighted by Gasteiger charge is -1.97. The maximum absolute atomic E-state index is 11.6. The van der Waals surface area contributed by atoms with Crippen molar-refractivity contribution in [3.8, 4) is 0 Å². The van der Waals surface area contributed by atoms with Crippen LogP contribution in [0.5, 0.6) is 0 Å². The van der Waals surface area contributed by atoms with E-state index < -0.39 is 17.9 Å². The van der Waals surface area contributed by atoms with Gasteiger partial charge in [-0.1, -0.05) is 0 Å². The molecular weight excluding hydrogens is 149 g/mol. The maximum atomic E-state index is 11.6. The molecule has 0 spiro atoms. The fourth-order valence-electron chi connectivity index (χ4n) is 0.418. The number of nitrogen functional groups attached to an aromatic ring is 1. The molecule has 0 aliphatic rings. The average molecular weight is 152 g/mol. The molecule has 1 aromatic heterocycles. The van der Waals surface area contributed by atoms with E-state index in [1.165, 1.54) is 0 Å². The Hall–Kier alpha value is -1.20. The van der Waals surface area contributed by atoms with Crippen LogP contribution in [0.25, 0.3) is 0 Å². The highest BCUT2D eigenvalue weighted by Crippen LogP contribution is 2.28. The van der Waals surface area contributed by atoms with Gasteiger partial charge in [-0.05, 0) is 0 Å². The van der Waals surface area contributed by atoms with Gasteiger partial charge in [0, 0.05) is 0 Å². The zero-order valence-corrected chi connectivity index (χ0v) is 4.64. The van der Waals surface area contributed by atoms with Crippen LogP contribution in [0.4, 0.5) is 19.2 Å². The normalized spacial score (nSPS) is 11.9. The predicted octanol–water partition coefficient (Wildman–Crippen LogP) is 1.28. The number of nitrogens with two attached hydrogens (primary N) is 1. The molecule has 0 fully saturated rings. The van der Waals surface area contributed by atoms with Crippen LogP contribution in [-0.2, 0) is 6.18 Å². The second-order valence-corrected chi connectivity index (χ2v) is 1.57. The number of nitrogens with zero attached hydrogens (tertiary/aromatic N) is 1. The molecule has 0 aliphatic heterocycles. The van der Waals surface area contributed by atoms with Crippen LogP contribution in [0, 0.1) is 0 Å². The van der Waals surface area contributed by atoms with Crippen LogP contribution in [0.15, 0.2) is 10.7 Å².